The topological polar surface area (TPSA) is 95.1 Å². The monoisotopic (exact) mass is 331 g/mol. The van der Waals surface area contributed by atoms with Gasteiger partial charge in [-0.2, -0.15) is 0 Å². The number of aromatic amines is 1. The van der Waals surface area contributed by atoms with Crippen LogP contribution < -0.4 is 4.72 Å². The summed E-state index contributed by atoms with van der Waals surface area (Å²) in [6, 6.07) is 1.54. The summed E-state index contributed by atoms with van der Waals surface area (Å²) in [6.07, 6.45) is 2.68. The van der Waals surface area contributed by atoms with Crippen LogP contribution in [0.1, 0.15) is 20.3 Å². The zero-order valence-electron chi connectivity index (χ0n) is 11.8. The van der Waals surface area contributed by atoms with Gasteiger partial charge in [-0.3, -0.25) is 0 Å². The van der Waals surface area contributed by atoms with E-state index in [4.69, 9.17) is 11.6 Å². The lowest BCUT2D eigenvalue weighted by atomic mass is 10.1. The Kier molecular flexibility index (Phi) is 4.88. The fourth-order valence-electron chi connectivity index (χ4n) is 1.95. The first kappa shape index (κ1) is 16.2. The lowest BCUT2D eigenvalue weighted by Crippen LogP contribution is -2.28. The molecule has 8 heteroatoms. The molecule has 0 amide bonds. The second-order valence-corrected chi connectivity index (χ2v) is 7.31. The van der Waals surface area contributed by atoms with Crippen molar-refractivity contribution >= 4 is 32.7 Å². The molecule has 0 fully saturated rings. The van der Waals surface area contributed by atoms with E-state index in [1.165, 1.54) is 12.4 Å². The van der Waals surface area contributed by atoms with Gasteiger partial charge >= 0.3 is 0 Å². The molecule has 0 aliphatic heterocycles. The van der Waals surface area contributed by atoms with Crippen LogP contribution in [0.25, 0.3) is 11.0 Å². The normalized spacial score (nSPS) is 14.0. The number of halogens is 1. The summed E-state index contributed by atoms with van der Waals surface area (Å²) < 4.78 is 27.1. The molecule has 0 bridgehead atoms. The van der Waals surface area contributed by atoms with Gasteiger partial charge in [0.05, 0.1) is 16.5 Å². The Balaban J connectivity index is 2.19. The van der Waals surface area contributed by atoms with E-state index >= 15 is 0 Å². The van der Waals surface area contributed by atoms with E-state index in [1.807, 2.05) is 13.8 Å². The van der Waals surface area contributed by atoms with Gasteiger partial charge in [0, 0.05) is 18.9 Å². The zero-order chi connectivity index (χ0) is 15.6. The number of hydrogen-bond donors (Lipinski definition) is 3. The first-order chi connectivity index (χ1) is 9.83. The van der Waals surface area contributed by atoms with Crippen LogP contribution in [-0.2, 0) is 10.0 Å². The Bertz CT molecular complexity index is 727. The maximum atomic E-state index is 12.3. The van der Waals surface area contributed by atoms with Crippen molar-refractivity contribution in [3.8, 4) is 0 Å². The van der Waals surface area contributed by atoms with Gasteiger partial charge in [-0.05, 0) is 18.4 Å². The molecule has 0 spiro atoms. The molecule has 0 aliphatic rings. The number of nitrogens with zero attached hydrogens (tertiary/aromatic N) is 1. The number of aliphatic hydroxyl groups is 1. The Morgan fingerprint density at radius 2 is 2.19 bits per heavy atom. The van der Waals surface area contributed by atoms with Crippen LogP contribution >= 0.6 is 11.6 Å². The predicted molar refractivity (Wildman–Crippen MR) is 81.8 cm³/mol. The molecular formula is C13H18ClN3O3S. The van der Waals surface area contributed by atoms with E-state index in [2.05, 4.69) is 14.7 Å². The quantitative estimate of drug-likeness (QED) is 0.753. The standard InChI is InChI=1S/C13H18ClN3O3S/c1-8(2)10(18)4-6-17-21(19,20)11-7-16-13-12(11)9(14)3-5-15-13/h3,5,7-8,10,17-18H,4,6H2,1-2H3,(H,15,16). The maximum absolute atomic E-state index is 12.3. The molecule has 2 aromatic heterocycles. The summed E-state index contributed by atoms with van der Waals surface area (Å²) in [5.41, 5.74) is 0.421. The fraction of sp³-hybridized carbons (Fsp3) is 0.462. The van der Waals surface area contributed by atoms with E-state index < -0.39 is 16.1 Å². The van der Waals surface area contributed by atoms with Crippen molar-refractivity contribution < 1.29 is 13.5 Å². The molecule has 116 valence electrons. The van der Waals surface area contributed by atoms with Crippen LogP contribution in [-0.4, -0.2) is 36.1 Å². The van der Waals surface area contributed by atoms with Crippen molar-refractivity contribution in [2.75, 3.05) is 6.54 Å². The largest absolute Gasteiger partial charge is 0.393 e. The third-order valence-corrected chi connectivity index (χ3v) is 5.08. The van der Waals surface area contributed by atoms with Gasteiger partial charge in [0.1, 0.15) is 10.5 Å². The van der Waals surface area contributed by atoms with E-state index in [0.717, 1.165) is 0 Å². The number of nitrogens with one attached hydrogen (secondary N) is 2. The second kappa shape index (κ2) is 6.31. The average Bonchev–Trinajstić information content (AvgIpc) is 2.84. The molecule has 6 nitrogen and oxygen atoms in total. The minimum Gasteiger partial charge on any atom is -0.393 e. The Hall–Kier alpha value is -1.15. The van der Waals surface area contributed by atoms with Gasteiger partial charge in [-0.25, -0.2) is 18.1 Å². The summed E-state index contributed by atoms with van der Waals surface area (Å²) in [4.78, 5) is 6.89. The van der Waals surface area contributed by atoms with Crippen LogP contribution in [0.2, 0.25) is 5.02 Å². The summed E-state index contributed by atoms with van der Waals surface area (Å²) in [5.74, 6) is 0.0845. The van der Waals surface area contributed by atoms with Crippen LogP contribution in [0.5, 0.6) is 0 Å². The van der Waals surface area contributed by atoms with Crippen molar-refractivity contribution in [1.29, 1.82) is 0 Å². The second-order valence-electron chi connectivity index (χ2n) is 5.17. The highest BCUT2D eigenvalue weighted by Gasteiger charge is 2.21. The molecule has 2 rings (SSSR count). The van der Waals surface area contributed by atoms with Crippen LogP contribution in [0.15, 0.2) is 23.4 Å². The van der Waals surface area contributed by atoms with Crippen molar-refractivity contribution in [3.05, 3.63) is 23.5 Å². The summed E-state index contributed by atoms with van der Waals surface area (Å²) in [6.45, 7) is 3.92. The van der Waals surface area contributed by atoms with E-state index in [0.29, 0.717) is 22.5 Å². The molecule has 1 unspecified atom stereocenters. The summed E-state index contributed by atoms with van der Waals surface area (Å²) in [5, 5.41) is 10.4. The van der Waals surface area contributed by atoms with Gasteiger partial charge in [0.15, 0.2) is 0 Å². The highest BCUT2D eigenvalue weighted by atomic mass is 35.5. The highest BCUT2D eigenvalue weighted by molar-refractivity contribution is 7.89. The van der Waals surface area contributed by atoms with Crippen molar-refractivity contribution in [3.63, 3.8) is 0 Å². The van der Waals surface area contributed by atoms with Crippen molar-refractivity contribution in [2.45, 2.75) is 31.3 Å². The first-order valence-corrected chi connectivity index (χ1v) is 8.48. The van der Waals surface area contributed by atoms with Gasteiger partial charge in [0.25, 0.3) is 0 Å². The molecule has 2 aromatic rings. The molecule has 3 N–H and O–H groups in total. The molecular weight excluding hydrogens is 314 g/mol. The van der Waals surface area contributed by atoms with Gasteiger partial charge in [-0.15, -0.1) is 0 Å². The molecule has 0 saturated heterocycles. The van der Waals surface area contributed by atoms with E-state index in [9.17, 15) is 13.5 Å². The number of rotatable bonds is 6. The minimum absolute atomic E-state index is 0.0645. The molecule has 0 saturated carbocycles. The number of H-pyrrole nitrogens is 1. The first-order valence-electron chi connectivity index (χ1n) is 6.62. The van der Waals surface area contributed by atoms with Crippen LogP contribution in [0.4, 0.5) is 0 Å². The van der Waals surface area contributed by atoms with Crippen LogP contribution in [0.3, 0.4) is 0 Å². The van der Waals surface area contributed by atoms with Gasteiger partial charge in [-0.1, -0.05) is 25.4 Å². The third-order valence-electron chi connectivity index (χ3n) is 3.28. The molecule has 0 aliphatic carbocycles. The molecule has 0 aromatic carbocycles. The lowest BCUT2D eigenvalue weighted by molar-refractivity contribution is 0.118. The SMILES string of the molecule is CC(C)C(O)CCNS(=O)(=O)c1c[nH]c2nccc(Cl)c12. The van der Waals surface area contributed by atoms with Crippen LogP contribution in [0, 0.1) is 5.92 Å². The lowest BCUT2D eigenvalue weighted by Gasteiger charge is -2.14. The molecule has 1 atom stereocenters. The summed E-state index contributed by atoms with van der Waals surface area (Å²) >= 11 is 6.04. The number of aliphatic hydroxyl groups excluding tert-OH is 1. The average molecular weight is 332 g/mol. The van der Waals surface area contributed by atoms with E-state index in [-0.39, 0.29) is 17.4 Å². The Labute approximate surface area is 128 Å². The number of fused-ring (bicyclic) bond motifs is 1. The predicted octanol–water partition coefficient (Wildman–Crippen LogP) is 1.90. The smallest absolute Gasteiger partial charge is 0.242 e. The molecule has 2 heterocycles. The molecule has 21 heavy (non-hydrogen) atoms. The third kappa shape index (κ3) is 3.55. The number of hydrogen-bond acceptors (Lipinski definition) is 4. The number of aromatic nitrogens is 2. The van der Waals surface area contributed by atoms with Gasteiger partial charge < -0.3 is 10.1 Å². The number of pyridine rings is 1. The highest BCUT2D eigenvalue weighted by Crippen LogP contribution is 2.28. The Morgan fingerprint density at radius 3 is 2.86 bits per heavy atom. The number of sulfonamides is 1. The minimum atomic E-state index is -3.70. The molecule has 0 radical (unpaired) electrons. The van der Waals surface area contributed by atoms with E-state index in [1.54, 1.807) is 6.07 Å². The Morgan fingerprint density at radius 1 is 1.48 bits per heavy atom. The zero-order valence-corrected chi connectivity index (χ0v) is 13.4. The summed E-state index contributed by atoms with van der Waals surface area (Å²) in [7, 11) is -3.70. The van der Waals surface area contributed by atoms with Crippen molar-refractivity contribution in [1.82, 2.24) is 14.7 Å². The van der Waals surface area contributed by atoms with Crippen molar-refractivity contribution in [2.24, 2.45) is 5.92 Å². The van der Waals surface area contributed by atoms with Gasteiger partial charge in [0.2, 0.25) is 10.0 Å². The fourth-order valence-corrected chi connectivity index (χ4v) is 3.49. The maximum Gasteiger partial charge on any atom is 0.242 e.